The fourth-order valence-electron chi connectivity index (χ4n) is 3.05. The molecule has 0 unspecified atom stereocenters. The van der Waals surface area contributed by atoms with E-state index in [1.807, 2.05) is 18.2 Å². The van der Waals surface area contributed by atoms with Gasteiger partial charge < -0.3 is 5.32 Å². The van der Waals surface area contributed by atoms with E-state index in [1.54, 1.807) is 0 Å². The van der Waals surface area contributed by atoms with Crippen molar-refractivity contribution in [1.82, 2.24) is 16.2 Å². The number of carbonyl (C=O) groups excluding carboxylic acids is 1. The highest BCUT2D eigenvalue weighted by atomic mass is 16.2. The van der Waals surface area contributed by atoms with E-state index >= 15 is 0 Å². The van der Waals surface area contributed by atoms with Gasteiger partial charge in [-0.15, -0.1) is 0 Å². The van der Waals surface area contributed by atoms with Gasteiger partial charge in [0, 0.05) is 6.04 Å². The minimum absolute atomic E-state index is 0.196. The van der Waals surface area contributed by atoms with Gasteiger partial charge in [-0.3, -0.25) is 10.9 Å². The first-order valence-corrected chi connectivity index (χ1v) is 8.23. The molecule has 1 fully saturated rings. The summed E-state index contributed by atoms with van der Waals surface area (Å²) in [6.07, 6.45) is 5.80. The smallest absolute Gasteiger partial charge is 0.333 e. The quantitative estimate of drug-likeness (QED) is 0.749. The molecule has 0 spiro atoms. The van der Waals surface area contributed by atoms with E-state index in [-0.39, 0.29) is 6.03 Å². The van der Waals surface area contributed by atoms with Gasteiger partial charge >= 0.3 is 6.03 Å². The molecule has 3 N–H and O–H groups in total. The summed E-state index contributed by atoms with van der Waals surface area (Å²) >= 11 is 0. The van der Waals surface area contributed by atoms with Gasteiger partial charge in [0.1, 0.15) is 0 Å². The first-order valence-electron chi connectivity index (χ1n) is 8.23. The summed E-state index contributed by atoms with van der Waals surface area (Å²) in [7, 11) is 0. The van der Waals surface area contributed by atoms with E-state index in [1.165, 1.54) is 24.6 Å². The standard InChI is InChI=1S/C19H23N3O/c1-14(16-12-11-15-7-5-6-8-17(15)13-16)21-22-19(23)20-18-9-3-2-4-10-18/h5-8,11-13,18,21H,1-4,9-10H2,(H2,20,22,23). The number of hydrogen-bond acceptors (Lipinski definition) is 2. The van der Waals surface area contributed by atoms with Crippen LogP contribution in [0, 0.1) is 0 Å². The van der Waals surface area contributed by atoms with E-state index in [0.29, 0.717) is 11.7 Å². The third kappa shape index (κ3) is 4.03. The second-order valence-corrected chi connectivity index (χ2v) is 6.10. The molecule has 2 aromatic carbocycles. The van der Waals surface area contributed by atoms with Gasteiger partial charge in [0.25, 0.3) is 0 Å². The van der Waals surface area contributed by atoms with E-state index in [9.17, 15) is 4.79 Å². The van der Waals surface area contributed by atoms with E-state index in [0.717, 1.165) is 23.8 Å². The summed E-state index contributed by atoms with van der Waals surface area (Å²) < 4.78 is 0. The van der Waals surface area contributed by atoms with Crippen molar-refractivity contribution in [2.24, 2.45) is 0 Å². The monoisotopic (exact) mass is 309 g/mol. The van der Waals surface area contributed by atoms with Gasteiger partial charge in [0.2, 0.25) is 0 Å². The van der Waals surface area contributed by atoms with Crippen molar-refractivity contribution in [2.75, 3.05) is 0 Å². The van der Waals surface area contributed by atoms with Crippen molar-refractivity contribution in [2.45, 2.75) is 38.1 Å². The molecule has 0 saturated heterocycles. The second-order valence-electron chi connectivity index (χ2n) is 6.10. The lowest BCUT2D eigenvalue weighted by Gasteiger charge is -2.23. The van der Waals surface area contributed by atoms with Gasteiger partial charge in [0.05, 0.1) is 5.70 Å². The second kappa shape index (κ2) is 7.18. The van der Waals surface area contributed by atoms with Crippen LogP contribution < -0.4 is 16.2 Å². The van der Waals surface area contributed by atoms with Gasteiger partial charge in [-0.25, -0.2) is 4.79 Å². The van der Waals surface area contributed by atoms with Crippen molar-refractivity contribution in [3.05, 3.63) is 54.6 Å². The molecule has 23 heavy (non-hydrogen) atoms. The molecule has 0 aliphatic heterocycles. The highest BCUT2D eigenvalue weighted by molar-refractivity contribution is 5.86. The normalized spacial score (nSPS) is 15.1. The van der Waals surface area contributed by atoms with Crippen LogP contribution in [0.3, 0.4) is 0 Å². The molecular weight excluding hydrogens is 286 g/mol. The zero-order valence-corrected chi connectivity index (χ0v) is 13.3. The van der Waals surface area contributed by atoms with Crippen LogP contribution in [0.5, 0.6) is 0 Å². The Kier molecular flexibility index (Phi) is 4.81. The third-order valence-electron chi connectivity index (χ3n) is 4.37. The Hall–Kier alpha value is -2.49. The highest BCUT2D eigenvalue weighted by Gasteiger charge is 2.15. The SMILES string of the molecule is C=C(NNC(=O)NC1CCCCC1)c1ccc2ccccc2c1. The van der Waals surface area contributed by atoms with Crippen LogP contribution in [0.4, 0.5) is 4.79 Å². The largest absolute Gasteiger partial charge is 0.334 e. The van der Waals surface area contributed by atoms with Crippen molar-refractivity contribution in [3.8, 4) is 0 Å². The number of hydrazine groups is 1. The molecule has 4 nitrogen and oxygen atoms in total. The van der Waals surface area contributed by atoms with Crippen molar-refractivity contribution in [3.63, 3.8) is 0 Å². The molecule has 4 heteroatoms. The van der Waals surface area contributed by atoms with Crippen LogP contribution in [0.1, 0.15) is 37.7 Å². The average Bonchev–Trinajstić information content (AvgIpc) is 2.60. The van der Waals surface area contributed by atoms with Crippen molar-refractivity contribution < 1.29 is 4.79 Å². The molecule has 2 amide bonds. The molecule has 0 heterocycles. The third-order valence-corrected chi connectivity index (χ3v) is 4.37. The zero-order valence-electron chi connectivity index (χ0n) is 13.3. The van der Waals surface area contributed by atoms with Crippen LogP contribution in [0.2, 0.25) is 0 Å². The Morgan fingerprint density at radius 1 is 0.957 bits per heavy atom. The molecule has 120 valence electrons. The number of benzene rings is 2. The lowest BCUT2D eigenvalue weighted by atomic mass is 9.96. The maximum atomic E-state index is 11.9. The number of nitrogens with one attached hydrogen (secondary N) is 3. The van der Waals surface area contributed by atoms with Gasteiger partial charge in [-0.2, -0.15) is 0 Å². The Balaban J connectivity index is 1.54. The molecule has 1 aliphatic carbocycles. The van der Waals surface area contributed by atoms with E-state index < -0.39 is 0 Å². The lowest BCUT2D eigenvalue weighted by molar-refractivity contribution is 0.230. The summed E-state index contributed by atoms with van der Waals surface area (Å²) in [4.78, 5) is 11.9. The summed E-state index contributed by atoms with van der Waals surface area (Å²) in [5.74, 6) is 0. The van der Waals surface area contributed by atoms with E-state index in [2.05, 4.69) is 47.0 Å². The van der Waals surface area contributed by atoms with Crippen LogP contribution in [-0.4, -0.2) is 12.1 Å². The summed E-state index contributed by atoms with van der Waals surface area (Å²) in [6.45, 7) is 4.00. The first-order chi connectivity index (χ1) is 11.2. The minimum atomic E-state index is -0.196. The van der Waals surface area contributed by atoms with Crippen LogP contribution in [-0.2, 0) is 0 Å². The summed E-state index contributed by atoms with van der Waals surface area (Å²) in [5, 5.41) is 5.34. The predicted molar refractivity (Wildman–Crippen MR) is 94.7 cm³/mol. The molecule has 0 atom stereocenters. The van der Waals surface area contributed by atoms with Crippen molar-refractivity contribution >= 4 is 22.5 Å². The molecule has 0 radical (unpaired) electrons. The fraction of sp³-hybridized carbons (Fsp3) is 0.316. The van der Waals surface area contributed by atoms with Gasteiger partial charge in [-0.05, 0) is 35.2 Å². The first kappa shape index (κ1) is 15.4. The number of urea groups is 1. The van der Waals surface area contributed by atoms with Gasteiger partial charge in [0.15, 0.2) is 0 Å². The molecule has 0 aromatic heterocycles. The number of fused-ring (bicyclic) bond motifs is 1. The Labute approximate surface area is 136 Å². The summed E-state index contributed by atoms with van der Waals surface area (Å²) in [5.41, 5.74) is 7.21. The molecule has 1 saturated carbocycles. The molecule has 3 rings (SSSR count). The summed E-state index contributed by atoms with van der Waals surface area (Å²) in [6, 6.07) is 14.4. The van der Waals surface area contributed by atoms with Crippen LogP contribution >= 0.6 is 0 Å². The number of amides is 2. The minimum Gasteiger partial charge on any atom is -0.334 e. The Morgan fingerprint density at radius 3 is 2.48 bits per heavy atom. The van der Waals surface area contributed by atoms with Crippen LogP contribution in [0.25, 0.3) is 16.5 Å². The van der Waals surface area contributed by atoms with E-state index in [4.69, 9.17) is 0 Å². The number of rotatable bonds is 4. The molecule has 0 bridgehead atoms. The lowest BCUT2D eigenvalue weighted by Crippen LogP contribution is -2.47. The molecular formula is C19H23N3O. The topological polar surface area (TPSA) is 53.2 Å². The highest BCUT2D eigenvalue weighted by Crippen LogP contribution is 2.19. The van der Waals surface area contributed by atoms with Crippen LogP contribution in [0.15, 0.2) is 49.0 Å². The number of carbonyl (C=O) groups is 1. The maximum absolute atomic E-state index is 11.9. The van der Waals surface area contributed by atoms with Crippen molar-refractivity contribution in [1.29, 1.82) is 0 Å². The Bertz CT molecular complexity index is 705. The Morgan fingerprint density at radius 2 is 1.70 bits per heavy atom. The molecule has 2 aromatic rings. The predicted octanol–water partition coefficient (Wildman–Crippen LogP) is 3.95. The van der Waals surface area contributed by atoms with Gasteiger partial charge in [-0.1, -0.05) is 62.2 Å². The zero-order chi connectivity index (χ0) is 16.1. The fourth-order valence-corrected chi connectivity index (χ4v) is 3.05. The molecule has 1 aliphatic rings. The average molecular weight is 309 g/mol. The maximum Gasteiger partial charge on any atom is 0.333 e. The number of hydrogen-bond donors (Lipinski definition) is 3.